The van der Waals surface area contributed by atoms with E-state index in [1.165, 1.54) is 12.8 Å². The number of ether oxygens (including phenoxy) is 1. The third kappa shape index (κ3) is 7.57. The smallest absolute Gasteiger partial charge is 0.372 e. The molecule has 0 unspecified atom stereocenters. The average Bonchev–Trinajstić information content (AvgIpc) is 3.04. The van der Waals surface area contributed by atoms with Crippen molar-refractivity contribution in [2.75, 3.05) is 32.8 Å². The Hall–Kier alpha value is -0.330. The van der Waals surface area contributed by atoms with Crippen molar-refractivity contribution >= 4 is 0 Å². The molecule has 0 aromatic carbocycles. The predicted molar refractivity (Wildman–Crippen MR) is 59.8 cm³/mol. The van der Waals surface area contributed by atoms with E-state index in [0.717, 1.165) is 19.5 Å². The molecule has 0 atom stereocenters. The second-order valence-corrected chi connectivity index (χ2v) is 4.43. The van der Waals surface area contributed by atoms with Crippen molar-refractivity contribution < 1.29 is 17.9 Å². The van der Waals surface area contributed by atoms with Crippen LogP contribution in [-0.2, 0) is 4.74 Å². The second kappa shape index (κ2) is 7.18. The molecule has 0 aliphatic heterocycles. The average molecular weight is 254 g/mol. The molecule has 3 nitrogen and oxygen atoms in total. The van der Waals surface area contributed by atoms with Crippen LogP contribution in [0.15, 0.2) is 0 Å². The van der Waals surface area contributed by atoms with E-state index in [1.54, 1.807) is 0 Å². The van der Waals surface area contributed by atoms with Gasteiger partial charge in [0.05, 0.1) is 0 Å². The first-order chi connectivity index (χ1) is 8.03. The minimum atomic E-state index is -4.21. The predicted octanol–water partition coefficient (Wildman–Crippen LogP) is 1.77. The summed E-state index contributed by atoms with van der Waals surface area (Å²) in [5.74, 6) is 0. The summed E-state index contributed by atoms with van der Waals surface area (Å²) in [5.41, 5.74) is 5.45. The molecule has 6 heteroatoms. The van der Waals surface area contributed by atoms with E-state index < -0.39 is 12.8 Å². The van der Waals surface area contributed by atoms with Gasteiger partial charge < -0.3 is 15.4 Å². The summed E-state index contributed by atoms with van der Waals surface area (Å²) in [4.78, 5) is 2.31. The highest BCUT2D eigenvalue weighted by Gasteiger charge is 2.29. The summed E-state index contributed by atoms with van der Waals surface area (Å²) in [5, 5.41) is 0. The summed E-state index contributed by atoms with van der Waals surface area (Å²) in [6.07, 6.45) is -0.214. The molecule has 1 rings (SSSR count). The van der Waals surface area contributed by atoms with E-state index in [-0.39, 0.29) is 6.61 Å². The van der Waals surface area contributed by atoms with E-state index in [2.05, 4.69) is 9.64 Å². The van der Waals surface area contributed by atoms with E-state index >= 15 is 0 Å². The van der Waals surface area contributed by atoms with Crippen LogP contribution in [-0.4, -0.2) is 50.0 Å². The van der Waals surface area contributed by atoms with Gasteiger partial charge in [0.1, 0.15) is 6.61 Å². The van der Waals surface area contributed by atoms with Gasteiger partial charge in [0.15, 0.2) is 0 Å². The van der Waals surface area contributed by atoms with Crippen molar-refractivity contribution in [2.45, 2.75) is 37.9 Å². The minimum absolute atomic E-state index is 0.172. The molecular weight excluding hydrogens is 233 g/mol. The Labute approximate surface area is 100 Å². The van der Waals surface area contributed by atoms with Gasteiger partial charge in [0, 0.05) is 19.2 Å². The van der Waals surface area contributed by atoms with Crippen molar-refractivity contribution in [3.63, 3.8) is 0 Å². The molecule has 1 aliphatic carbocycles. The van der Waals surface area contributed by atoms with Crippen molar-refractivity contribution in [1.29, 1.82) is 0 Å². The molecule has 0 spiro atoms. The normalized spacial score (nSPS) is 16.8. The van der Waals surface area contributed by atoms with E-state index in [9.17, 15) is 13.2 Å². The third-order valence-corrected chi connectivity index (χ3v) is 2.71. The first kappa shape index (κ1) is 14.7. The SMILES string of the molecule is NCCCN(CCCOCC(F)(F)F)C1CC1. The molecule has 1 fully saturated rings. The highest BCUT2D eigenvalue weighted by molar-refractivity contribution is 4.84. The Morgan fingerprint density at radius 3 is 2.35 bits per heavy atom. The molecule has 1 aliphatic rings. The zero-order chi connectivity index (χ0) is 12.7. The second-order valence-electron chi connectivity index (χ2n) is 4.43. The molecule has 0 amide bonds. The Morgan fingerprint density at radius 1 is 1.18 bits per heavy atom. The van der Waals surface area contributed by atoms with Crippen molar-refractivity contribution in [1.82, 2.24) is 4.90 Å². The maximum atomic E-state index is 11.8. The van der Waals surface area contributed by atoms with E-state index in [0.29, 0.717) is 19.0 Å². The van der Waals surface area contributed by atoms with Crippen LogP contribution in [0.25, 0.3) is 0 Å². The van der Waals surface area contributed by atoms with E-state index in [1.807, 2.05) is 0 Å². The summed E-state index contributed by atoms with van der Waals surface area (Å²) in [6, 6.07) is 0.629. The largest absolute Gasteiger partial charge is 0.411 e. The lowest BCUT2D eigenvalue weighted by Crippen LogP contribution is -2.30. The number of alkyl halides is 3. The zero-order valence-electron chi connectivity index (χ0n) is 10.0. The number of halogens is 3. The van der Waals surface area contributed by atoms with Crippen LogP contribution < -0.4 is 5.73 Å². The molecule has 0 saturated heterocycles. The molecule has 0 radical (unpaired) electrons. The Bertz CT molecular complexity index is 207. The van der Waals surface area contributed by atoms with Gasteiger partial charge in [0.2, 0.25) is 0 Å². The van der Waals surface area contributed by atoms with Crippen LogP contribution in [0.4, 0.5) is 13.2 Å². The summed E-state index contributed by atoms with van der Waals surface area (Å²) < 4.78 is 40.0. The van der Waals surface area contributed by atoms with Gasteiger partial charge in [-0.1, -0.05) is 0 Å². The molecular formula is C11H21F3N2O. The lowest BCUT2D eigenvalue weighted by Gasteiger charge is -2.21. The van der Waals surface area contributed by atoms with Gasteiger partial charge >= 0.3 is 6.18 Å². The molecule has 0 aromatic heterocycles. The Kier molecular flexibility index (Phi) is 6.22. The lowest BCUT2D eigenvalue weighted by molar-refractivity contribution is -0.174. The molecule has 0 bridgehead atoms. The monoisotopic (exact) mass is 254 g/mol. The van der Waals surface area contributed by atoms with E-state index in [4.69, 9.17) is 5.73 Å². The number of nitrogens with zero attached hydrogens (tertiary/aromatic N) is 1. The van der Waals surface area contributed by atoms with Gasteiger partial charge in [-0.05, 0) is 38.8 Å². The molecule has 102 valence electrons. The highest BCUT2D eigenvalue weighted by Crippen LogP contribution is 2.26. The molecule has 1 saturated carbocycles. The first-order valence-electron chi connectivity index (χ1n) is 6.11. The summed E-state index contributed by atoms with van der Waals surface area (Å²) >= 11 is 0. The highest BCUT2D eigenvalue weighted by atomic mass is 19.4. The van der Waals surface area contributed by atoms with Crippen molar-refractivity contribution in [3.05, 3.63) is 0 Å². The third-order valence-electron chi connectivity index (χ3n) is 2.71. The first-order valence-corrected chi connectivity index (χ1v) is 6.11. The topological polar surface area (TPSA) is 38.5 Å². The van der Waals surface area contributed by atoms with Crippen molar-refractivity contribution in [3.8, 4) is 0 Å². The van der Waals surface area contributed by atoms with Gasteiger partial charge in [0.25, 0.3) is 0 Å². The molecule has 0 aromatic rings. The quantitative estimate of drug-likeness (QED) is 0.637. The van der Waals surface area contributed by atoms with Crippen LogP contribution in [0.2, 0.25) is 0 Å². The van der Waals surface area contributed by atoms with Crippen molar-refractivity contribution in [2.24, 2.45) is 5.73 Å². The summed E-state index contributed by atoms with van der Waals surface area (Å²) in [7, 11) is 0. The zero-order valence-corrected chi connectivity index (χ0v) is 10.0. The Balaban J connectivity index is 2.02. The fourth-order valence-corrected chi connectivity index (χ4v) is 1.77. The maximum Gasteiger partial charge on any atom is 0.411 e. The van der Waals surface area contributed by atoms with Gasteiger partial charge in [-0.3, -0.25) is 0 Å². The molecule has 2 N–H and O–H groups in total. The fraction of sp³-hybridized carbons (Fsp3) is 1.00. The molecule has 0 heterocycles. The van der Waals surface area contributed by atoms with Gasteiger partial charge in [-0.2, -0.15) is 13.2 Å². The number of rotatable bonds is 9. The number of hydrogen-bond donors (Lipinski definition) is 1. The summed E-state index contributed by atoms with van der Waals surface area (Å²) in [6.45, 7) is 1.45. The van der Waals surface area contributed by atoms with Crippen LogP contribution in [0, 0.1) is 0 Å². The van der Waals surface area contributed by atoms with Crippen LogP contribution in [0.1, 0.15) is 25.7 Å². The standard InChI is InChI=1S/C11H21F3N2O/c12-11(13,14)9-17-8-2-7-16(6-1-5-15)10-3-4-10/h10H,1-9,15H2. The van der Waals surface area contributed by atoms with Crippen LogP contribution in [0.5, 0.6) is 0 Å². The lowest BCUT2D eigenvalue weighted by atomic mass is 10.3. The van der Waals surface area contributed by atoms with Crippen LogP contribution >= 0.6 is 0 Å². The Morgan fingerprint density at radius 2 is 1.82 bits per heavy atom. The van der Waals surface area contributed by atoms with Gasteiger partial charge in [-0.25, -0.2) is 0 Å². The molecule has 17 heavy (non-hydrogen) atoms. The fourth-order valence-electron chi connectivity index (χ4n) is 1.77. The van der Waals surface area contributed by atoms with Gasteiger partial charge in [-0.15, -0.1) is 0 Å². The number of nitrogens with two attached hydrogens (primary N) is 1. The maximum absolute atomic E-state index is 11.8. The van der Waals surface area contributed by atoms with Crippen LogP contribution in [0.3, 0.4) is 0 Å². The minimum Gasteiger partial charge on any atom is -0.372 e. The number of hydrogen-bond acceptors (Lipinski definition) is 3.